The van der Waals surface area contributed by atoms with Crippen LogP contribution in [0.15, 0.2) is 42.5 Å². The molecule has 2 aromatic carbocycles. The van der Waals surface area contributed by atoms with E-state index in [1.165, 1.54) is 4.90 Å². The average Bonchev–Trinajstić information content (AvgIpc) is 2.76. The average molecular weight is 410 g/mol. The number of Topliss-reactive ketones (excluding diaryl/α,β-unsaturated/α-hetero) is 1. The lowest BCUT2D eigenvalue weighted by atomic mass is 9.88. The molecule has 2 N–H and O–H groups in total. The number of benzene rings is 2. The van der Waals surface area contributed by atoms with Gasteiger partial charge in [0.25, 0.3) is 5.91 Å². The maximum atomic E-state index is 12.9. The van der Waals surface area contributed by atoms with Crippen LogP contribution in [-0.2, 0) is 4.79 Å². The molecule has 0 aliphatic carbocycles. The van der Waals surface area contributed by atoms with E-state index in [1.807, 2.05) is 70.2 Å². The van der Waals surface area contributed by atoms with Crippen LogP contribution in [0.2, 0.25) is 0 Å². The highest BCUT2D eigenvalue weighted by molar-refractivity contribution is 5.98. The van der Waals surface area contributed by atoms with Crippen molar-refractivity contribution in [3.05, 3.63) is 59.2 Å². The minimum Gasteiger partial charge on any atom is -0.494 e. The maximum absolute atomic E-state index is 12.9. The third kappa shape index (κ3) is 5.08. The Morgan fingerprint density at radius 1 is 1.07 bits per heavy atom. The first kappa shape index (κ1) is 22.0. The van der Waals surface area contributed by atoms with Crippen LogP contribution in [0.5, 0.6) is 5.75 Å². The summed E-state index contributed by atoms with van der Waals surface area (Å²) in [7, 11) is 0. The summed E-state index contributed by atoms with van der Waals surface area (Å²) < 4.78 is 5.45. The molecule has 0 aromatic heterocycles. The number of amides is 1. The number of rotatable bonds is 7. The number of likely N-dealkylation sites (tertiary alicyclic amines) is 1. The highest BCUT2D eigenvalue weighted by Crippen LogP contribution is 2.21. The van der Waals surface area contributed by atoms with E-state index in [2.05, 4.69) is 5.32 Å². The summed E-state index contributed by atoms with van der Waals surface area (Å²) in [5.41, 5.74) is 3.80. The number of anilines is 1. The second-order valence-corrected chi connectivity index (χ2v) is 8.23. The molecule has 0 saturated carbocycles. The van der Waals surface area contributed by atoms with Gasteiger partial charge in [-0.05, 0) is 63.1 Å². The second-order valence-electron chi connectivity index (χ2n) is 8.23. The molecule has 5 nitrogen and oxygen atoms in total. The zero-order valence-electron chi connectivity index (χ0n) is 18.5. The van der Waals surface area contributed by atoms with Crippen LogP contribution in [0.1, 0.15) is 48.2 Å². The number of quaternary nitrogens is 1. The molecule has 3 rings (SSSR count). The first-order chi connectivity index (χ1) is 14.4. The van der Waals surface area contributed by atoms with Gasteiger partial charge in [0.15, 0.2) is 11.8 Å². The van der Waals surface area contributed by atoms with E-state index >= 15 is 0 Å². The number of carbonyl (C=O) groups excluding carboxylic acids is 2. The zero-order chi connectivity index (χ0) is 21.7. The van der Waals surface area contributed by atoms with E-state index in [9.17, 15) is 9.59 Å². The van der Waals surface area contributed by atoms with Crippen molar-refractivity contribution in [2.75, 3.05) is 25.0 Å². The first-order valence-electron chi connectivity index (χ1n) is 10.9. The summed E-state index contributed by atoms with van der Waals surface area (Å²) in [4.78, 5) is 26.9. The lowest BCUT2D eigenvalue weighted by Gasteiger charge is -2.32. The Labute approximate surface area is 179 Å². The fourth-order valence-corrected chi connectivity index (χ4v) is 4.23. The van der Waals surface area contributed by atoms with E-state index in [-0.39, 0.29) is 23.7 Å². The minimum absolute atomic E-state index is 0.0283. The lowest BCUT2D eigenvalue weighted by Crippen LogP contribution is -3.17. The Hall–Kier alpha value is -2.66. The van der Waals surface area contributed by atoms with Crippen LogP contribution in [0, 0.1) is 19.8 Å². The molecule has 1 aliphatic rings. The smallest absolute Gasteiger partial charge is 0.282 e. The van der Waals surface area contributed by atoms with E-state index < -0.39 is 0 Å². The summed E-state index contributed by atoms with van der Waals surface area (Å²) >= 11 is 0. The Morgan fingerprint density at radius 3 is 2.23 bits per heavy atom. The van der Waals surface area contributed by atoms with Gasteiger partial charge in [0, 0.05) is 30.0 Å². The van der Waals surface area contributed by atoms with Crippen molar-refractivity contribution < 1.29 is 19.2 Å². The number of ketones is 1. The largest absolute Gasteiger partial charge is 0.494 e. The van der Waals surface area contributed by atoms with Crippen molar-refractivity contribution in [2.45, 2.75) is 46.6 Å². The predicted octanol–water partition coefficient (Wildman–Crippen LogP) is 3.21. The topological polar surface area (TPSA) is 59.8 Å². The molecular formula is C25H33N2O3+. The third-order valence-corrected chi connectivity index (χ3v) is 6.18. The highest BCUT2D eigenvalue weighted by Gasteiger charge is 2.33. The molecule has 30 heavy (non-hydrogen) atoms. The Morgan fingerprint density at radius 2 is 1.67 bits per heavy atom. The number of piperidine rings is 1. The highest BCUT2D eigenvalue weighted by atomic mass is 16.5. The second kappa shape index (κ2) is 9.90. The summed E-state index contributed by atoms with van der Waals surface area (Å²) in [6, 6.07) is 13.3. The fourth-order valence-electron chi connectivity index (χ4n) is 4.23. The number of para-hydroxylation sites is 1. The summed E-state index contributed by atoms with van der Waals surface area (Å²) in [5.74, 6) is 1.06. The van der Waals surface area contributed by atoms with Gasteiger partial charge in [-0.25, -0.2) is 0 Å². The number of aryl methyl sites for hydroxylation is 2. The van der Waals surface area contributed by atoms with Crippen molar-refractivity contribution in [3.8, 4) is 5.75 Å². The van der Waals surface area contributed by atoms with Gasteiger partial charge in [0.2, 0.25) is 0 Å². The van der Waals surface area contributed by atoms with Crippen LogP contribution < -0.4 is 15.0 Å². The molecule has 160 valence electrons. The molecule has 2 aromatic rings. The monoisotopic (exact) mass is 409 g/mol. The van der Waals surface area contributed by atoms with E-state index in [0.29, 0.717) is 6.61 Å². The standard InChI is InChI=1S/C25H32N2O3/c1-5-30-22-11-9-20(10-12-22)24(28)21-13-15-27(16-14-21)19(4)25(29)26-23-17(2)7-6-8-18(23)3/h6-12,19,21H,5,13-16H2,1-4H3,(H,26,29)/p+1/t19-/m1/s1. The van der Waals surface area contributed by atoms with Crippen LogP contribution in [0.4, 0.5) is 5.69 Å². The van der Waals surface area contributed by atoms with Crippen LogP contribution in [0.3, 0.4) is 0 Å². The molecule has 0 unspecified atom stereocenters. The fraction of sp³-hybridized carbons (Fsp3) is 0.440. The van der Waals surface area contributed by atoms with Gasteiger partial charge in [0.1, 0.15) is 5.75 Å². The van der Waals surface area contributed by atoms with E-state index in [4.69, 9.17) is 4.74 Å². The molecule has 1 heterocycles. The summed E-state index contributed by atoms with van der Waals surface area (Å²) in [6.45, 7) is 10.2. The number of nitrogens with one attached hydrogen (secondary N) is 2. The molecule has 0 bridgehead atoms. The summed E-state index contributed by atoms with van der Waals surface area (Å²) in [5, 5.41) is 3.11. The van der Waals surface area contributed by atoms with Crippen LogP contribution in [0.25, 0.3) is 0 Å². The van der Waals surface area contributed by atoms with Crippen LogP contribution >= 0.6 is 0 Å². The Bertz CT molecular complexity index is 864. The summed E-state index contributed by atoms with van der Waals surface area (Å²) in [6.07, 6.45) is 1.62. The normalized spacial score (nSPS) is 19.7. The van der Waals surface area contributed by atoms with Gasteiger partial charge < -0.3 is 15.0 Å². The van der Waals surface area contributed by atoms with Crippen molar-refractivity contribution in [3.63, 3.8) is 0 Å². The zero-order valence-corrected chi connectivity index (χ0v) is 18.5. The lowest BCUT2D eigenvalue weighted by molar-refractivity contribution is -0.919. The SMILES string of the molecule is CCOc1ccc(C(=O)C2CC[NH+]([C@H](C)C(=O)Nc3c(C)cccc3C)CC2)cc1. The maximum Gasteiger partial charge on any atom is 0.282 e. The third-order valence-electron chi connectivity index (χ3n) is 6.18. The number of hydrogen-bond donors (Lipinski definition) is 2. The number of carbonyl (C=O) groups is 2. The predicted molar refractivity (Wildman–Crippen MR) is 119 cm³/mol. The molecule has 1 saturated heterocycles. The van der Waals surface area contributed by atoms with Gasteiger partial charge in [-0.1, -0.05) is 18.2 Å². The molecule has 1 aliphatic heterocycles. The van der Waals surface area contributed by atoms with Gasteiger partial charge in [-0.2, -0.15) is 0 Å². The molecular weight excluding hydrogens is 376 g/mol. The van der Waals surface area contributed by atoms with E-state index in [1.54, 1.807) is 0 Å². The Balaban J connectivity index is 1.55. The molecule has 0 radical (unpaired) electrons. The Kier molecular flexibility index (Phi) is 7.27. The van der Waals surface area contributed by atoms with Crippen molar-refractivity contribution in [1.29, 1.82) is 0 Å². The van der Waals surface area contributed by atoms with E-state index in [0.717, 1.165) is 54.1 Å². The minimum atomic E-state index is -0.148. The molecule has 1 atom stereocenters. The molecule has 1 amide bonds. The van der Waals surface area contributed by atoms with Gasteiger partial charge in [-0.3, -0.25) is 9.59 Å². The van der Waals surface area contributed by atoms with Crippen molar-refractivity contribution >= 4 is 17.4 Å². The first-order valence-corrected chi connectivity index (χ1v) is 10.9. The van der Waals surface area contributed by atoms with Gasteiger partial charge in [0.05, 0.1) is 19.7 Å². The molecule has 1 fully saturated rings. The van der Waals surface area contributed by atoms with Crippen molar-refractivity contribution in [2.24, 2.45) is 5.92 Å². The number of ether oxygens (including phenoxy) is 1. The molecule has 5 heteroatoms. The van der Waals surface area contributed by atoms with Crippen molar-refractivity contribution in [1.82, 2.24) is 0 Å². The van der Waals surface area contributed by atoms with Crippen LogP contribution in [-0.4, -0.2) is 37.4 Å². The van der Waals surface area contributed by atoms with Gasteiger partial charge in [-0.15, -0.1) is 0 Å². The molecule has 0 spiro atoms. The number of hydrogen-bond acceptors (Lipinski definition) is 3. The van der Waals surface area contributed by atoms with Gasteiger partial charge >= 0.3 is 0 Å². The quantitative estimate of drug-likeness (QED) is 0.691.